The Hall–Kier alpha value is -2.95. The van der Waals surface area contributed by atoms with Crippen LogP contribution in [-0.4, -0.2) is 15.7 Å². The number of benzene rings is 2. The van der Waals surface area contributed by atoms with Crippen molar-refractivity contribution < 1.29 is 9.18 Å². The molecule has 1 N–H and O–H groups in total. The van der Waals surface area contributed by atoms with E-state index in [0.717, 1.165) is 17.5 Å². The summed E-state index contributed by atoms with van der Waals surface area (Å²) in [5, 5.41) is 7.33. The van der Waals surface area contributed by atoms with Crippen molar-refractivity contribution >= 4 is 11.7 Å². The summed E-state index contributed by atoms with van der Waals surface area (Å²) in [5.41, 5.74) is 4.07. The molecule has 0 radical (unpaired) electrons. The van der Waals surface area contributed by atoms with Gasteiger partial charge in [-0.1, -0.05) is 31.2 Å². The summed E-state index contributed by atoms with van der Waals surface area (Å²) in [5.74, 6) is 0.292. The van der Waals surface area contributed by atoms with Gasteiger partial charge in [0.05, 0.1) is 11.9 Å². The second kappa shape index (κ2) is 6.16. The van der Waals surface area contributed by atoms with Crippen LogP contribution in [-0.2, 0) is 11.2 Å². The maximum atomic E-state index is 13.2. The molecular formula is C20H18FN3O. The van der Waals surface area contributed by atoms with Crippen molar-refractivity contribution in [3.05, 3.63) is 77.2 Å². The average molecular weight is 335 g/mol. The molecule has 1 amide bonds. The van der Waals surface area contributed by atoms with E-state index < -0.39 is 0 Å². The highest BCUT2D eigenvalue weighted by Gasteiger charge is 2.30. The number of rotatable bonds is 3. The topological polar surface area (TPSA) is 46.9 Å². The van der Waals surface area contributed by atoms with Crippen LogP contribution in [0.4, 0.5) is 10.2 Å². The number of carbonyl (C=O) groups is 1. The van der Waals surface area contributed by atoms with Crippen LogP contribution < -0.4 is 5.32 Å². The van der Waals surface area contributed by atoms with Gasteiger partial charge in [-0.25, -0.2) is 9.07 Å². The Morgan fingerprint density at radius 3 is 2.56 bits per heavy atom. The molecule has 0 bridgehead atoms. The van der Waals surface area contributed by atoms with Crippen molar-refractivity contribution in [3.8, 4) is 5.69 Å². The molecule has 4 rings (SSSR count). The van der Waals surface area contributed by atoms with Gasteiger partial charge in [-0.3, -0.25) is 4.79 Å². The predicted molar refractivity (Wildman–Crippen MR) is 94.4 cm³/mol. The van der Waals surface area contributed by atoms with Crippen molar-refractivity contribution in [1.29, 1.82) is 0 Å². The number of halogens is 1. The van der Waals surface area contributed by atoms with Crippen molar-refractivity contribution in [1.82, 2.24) is 9.78 Å². The highest BCUT2D eigenvalue weighted by Crippen LogP contribution is 2.38. The number of fused-ring (bicyclic) bond motifs is 1. The van der Waals surface area contributed by atoms with E-state index in [1.807, 2.05) is 0 Å². The van der Waals surface area contributed by atoms with E-state index in [1.165, 1.54) is 17.7 Å². The van der Waals surface area contributed by atoms with Crippen LogP contribution in [0, 0.1) is 5.82 Å². The van der Waals surface area contributed by atoms with Gasteiger partial charge >= 0.3 is 0 Å². The fourth-order valence-electron chi connectivity index (χ4n) is 3.28. The van der Waals surface area contributed by atoms with Gasteiger partial charge in [-0.05, 0) is 41.8 Å². The number of aromatic nitrogens is 2. The fourth-order valence-corrected chi connectivity index (χ4v) is 3.28. The summed E-state index contributed by atoms with van der Waals surface area (Å²) in [6, 6.07) is 14.4. The minimum Gasteiger partial charge on any atom is -0.310 e. The van der Waals surface area contributed by atoms with Crippen LogP contribution in [0.25, 0.3) is 5.69 Å². The van der Waals surface area contributed by atoms with E-state index in [2.05, 4.69) is 41.6 Å². The summed E-state index contributed by atoms with van der Waals surface area (Å²) < 4.78 is 14.8. The van der Waals surface area contributed by atoms with Crippen LogP contribution >= 0.6 is 0 Å². The molecule has 5 heteroatoms. The molecule has 2 heterocycles. The van der Waals surface area contributed by atoms with E-state index in [4.69, 9.17) is 0 Å². The number of hydrogen-bond acceptors (Lipinski definition) is 2. The second-order valence-electron chi connectivity index (χ2n) is 6.24. The standard InChI is InChI=1S/C20H18FN3O/c1-2-13-3-5-14(6-4-13)17-11-19(25)23-20-18(17)12-22-24(20)16-9-7-15(21)8-10-16/h3-10,12,17H,2,11H2,1H3,(H,23,25). The van der Waals surface area contributed by atoms with E-state index in [0.29, 0.717) is 17.9 Å². The molecule has 25 heavy (non-hydrogen) atoms. The van der Waals surface area contributed by atoms with Crippen LogP contribution in [0.1, 0.15) is 36.0 Å². The van der Waals surface area contributed by atoms with Crippen LogP contribution in [0.15, 0.2) is 54.7 Å². The Labute approximate surface area is 145 Å². The largest absolute Gasteiger partial charge is 0.310 e. The zero-order valence-electron chi connectivity index (χ0n) is 13.9. The van der Waals surface area contributed by atoms with Crippen molar-refractivity contribution in [2.24, 2.45) is 0 Å². The lowest BCUT2D eigenvalue weighted by atomic mass is 9.87. The molecule has 1 aromatic heterocycles. The molecule has 126 valence electrons. The van der Waals surface area contributed by atoms with Crippen molar-refractivity contribution in [2.75, 3.05) is 5.32 Å². The monoisotopic (exact) mass is 335 g/mol. The fraction of sp³-hybridized carbons (Fsp3) is 0.200. The first-order valence-corrected chi connectivity index (χ1v) is 8.38. The molecule has 0 spiro atoms. The zero-order chi connectivity index (χ0) is 17.4. The maximum Gasteiger partial charge on any atom is 0.226 e. The first kappa shape index (κ1) is 15.6. The first-order chi connectivity index (χ1) is 12.2. The van der Waals surface area contributed by atoms with E-state index >= 15 is 0 Å². The Morgan fingerprint density at radius 1 is 1.16 bits per heavy atom. The lowest BCUT2D eigenvalue weighted by Gasteiger charge is -2.24. The van der Waals surface area contributed by atoms with Crippen molar-refractivity contribution in [2.45, 2.75) is 25.7 Å². The predicted octanol–water partition coefficient (Wildman–Crippen LogP) is 4.05. The molecular weight excluding hydrogens is 317 g/mol. The summed E-state index contributed by atoms with van der Waals surface area (Å²) in [4.78, 5) is 12.3. The lowest BCUT2D eigenvalue weighted by molar-refractivity contribution is -0.116. The zero-order valence-corrected chi connectivity index (χ0v) is 13.9. The number of hydrogen-bond donors (Lipinski definition) is 1. The first-order valence-electron chi connectivity index (χ1n) is 8.38. The third-order valence-corrected chi connectivity index (χ3v) is 4.68. The van der Waals surface area contributed by atoms with Crippen molar-refractivity contribution in [3.63, 3.8) is 0 Å². The highest BCUT2D eigenvalue weighted by molar-refractivity contribution is 5.94. The number of aryl methyl sites for hydroxylation is 1. The van der Waals surface area contributed by atoms with Gasteiger partial charge in [0, 0.05) is 17.9 Å². The summed E-state index contributed by atoms with van der Waals surface area (Å²) >= 11 is 0. The summed E-state index contributed by atoms with van der Waals surface area (Å²) in [6.07, 6.45) is 3.17. The second-order valence-corrected chi connectivity index (χ2v) is 6.24. The number of nitrogens with one attached hydrogen (secondary N) is 1. The molecule has 1 aliphatic heterocycles. The Morgan fingerprint density at radius 2 is 1.88 bits per heavy atom. The van der Waals surface area contributed by atoms with Gasteiger partial charge in [0.25, 0.3) is 0 Å². The molecule has 0 saturated carbocycles. The molecule has 1 atom stereocenters. The smallest absolute Gasteiger partial charge is 0.226 e. The number of amides is 1. The summed E-state index contributed by atoms with van der Waals surface area (Å²) in [7, 11) is 0. The Balaban J connectivity index is 1.76. The molecule has 0 saturated heterocycles. The van der Waals surface area contributed by atoms with E-state index in [1.54, 1.807) is 23.0 Å². The number of carbonyl (C=O) groups excluding carboxylic acids is 1. The van der Waals surface area contributed by atoms with E-state index in [9.17, 15) is 9.18 Å². The third-order valence-electron chi connectivity index (χ3n) is 4.68. The minimum absolute atomic E-state index is 0.0242. The number of nitrogens with zero attached hydrogens (tertiary/aromatic N) is 2. The highest BCUT2D eigenvalue weighted by atomic mass is 19.1. The van der Waals surface area contributed by atoms with Gasteiger partial charge in [-0.15, -0.1) is 0 Å². The molecule has 1 aliphatic rings. The molecule has 4 nitrogen and oxygen atoms in total. The Kier molecular flexibility index (Phi) is 3.84. The van der Waals surface area contributed by atoms with Crippen LogP contribution in [0.3, 0.4) is 0 Å². The lowest BCUT2D eigenvalue weighted by Crippen LogP contribution is -2.24. The van der Waals surface area contributed by atoms with Gasteiger partial charge in [0.15, 0.2) is 0 Å². The van der Waals surface area contributed by atoms with Crippen LogP contribution in [0.5, 0.6) is 0 Å². The van der Waals surface area contributed by atoms with Gasteiger partial charge in [0.1, 0.15) is 11.6 Å². The maximum absolute atomic E-state index is 13.2. The molecule has 0 aliphatic carbocycles. The quantitative estimate of drug-likeness (QED) is 0.785. The SMILES string of the molecule is CCc1ccc(C2CC(=O)Nc3c2cnn3-c2ccc(F)cc2)cc1. The van der Waals surface area contributed by atoms with Crippen LogP contribution in [0.2, 0.25) is 0 Å². The van der Waals surface area contributed by atoms with E-state index in [-0.39, 0.29) is 17.6 Å². The van der Waals surface area contributed by atoms with Gasteiger partial charge in [-0.2, -0.15) is 5.10 Å². The molecule has 3 aromatic rings. The third kappa shape index (κ3) is 2.82. The average Bonchev–Trinajstić information content (AvgIpc) is 3.05. The van der Waals surface area contributed by atoms with Gasteiger partial charge < -0.3 is 5.32 Å². The minimum atomic E-state index is -0.303. The summed E-state index contributed by atoms with van der Waals surface area (Å²) in [6.45, 7) is 2.12. The number of anilines is 1. The molecule has 1 unspecified atom stereocenters. The van der Waals surface area contributed by atoms with Gasteiger partial charge in [0.2, 0.25) is 5.91 Å². The molecule has 2 aromatic carbocycles. The molecule has 0 fully saturated rings. The Bertz CT molecular complexity index is 913. The normalized spacial score (nSPS) is 16.4.